The fourth-order valence-electron chi connectivity index (χ4n) is 1.13. The molecular formula is C10H15NO2. The highest BCUT2D eigenvalue weighted by Crippen LogP contribution is 2.25. The maximum absolute atomic E-state index is 8.59. The van der Waals surface area contributed by atoms with Crippen LogP contribution in [0.3, 0.4) is 0 Å². The summed E-state index contributed by atoms with van der Waals surface area (Å²) in [6.45, 7) is 4.27. The Morgan fingerprint density at radius 2 is 2.00 bits per heavy atom. The predicted octanol–water partition coefficient (Wildman–Crippen LogP) is 1.26. The second-order valence-corrected chi connectivity index (χ2v) is 2.97. The monoisotopic (exact) mass is 181 g/mol. The molecule has 3 N–H and O–H groups in total. The van der Waals surface area contributed by atoms with Crippen LogP contribution >= 0.6 is 0 Å². The molecule has 0 saturated heterocycles. The molecule has 0 radical (unpaired) electrons. The van der Waals surface area contributed by atoms with E-state index in [0.29, 0.717) is 6.61 Å². The zero-order valence-corrected chi connectivity index (χ0v) is 8.00. The molecule has 0 aliphatic carbocycles. The fraction of sp³-hybridized carbons (Fsp3) is 0.400. The maximum atomic E-state index is 8.59. The van der Waals surface area contributed by atoms with Crippen molar-refractivity contribution in [3.63, 3.8) is 0 Å². The van der Waals surface area contributed by atoms with E-state index in [1.165, 1.54) is 0 Å². The zero-order valence-electron chi connectivity index (χ0n) is 8.00. The van der Waals surface area contributed by atoms with Crippen molar-refractivity contribution >= 4 is 5.69 Å². The molecule has 3 heteroatoms. The minimum absolute atomic E-state index is 0.0306. The molecule has 0 heterocycles. The van der Waals surface area contributed by atoms with Crippen LogP contribution in [-0.2, 0) is 0 Å². The van der Waals surface area contributed by atoms with Crippen molar-refractivity contribution in [2.24, 2.45) is 0 Å². The van der Waals surface area contributed by atoms with Gasteiger partial charge in [-0.15, -0.1) is 0 Å². The largest absolute Gasteiger partial charge is 0.491 e. The van der Waals surface area contributed by atoms with Crippen molar-refractivity contribution in [3.8, 4) is 5.75 Å². The van der Waals surface area contributed by atoms with Crippen LogP contribution in [0.5, 0.6) is 5.75 Å². The van der Waals surface area contributed by atoms with E-state index in [1.807, 2.05) is 26.0 Å². The second kappa shape index (κ2) is 4.14. The molecular weight excluding hydrogens is 166 g/mol. The van der Waals surface area contributed by atoms with Crippen molar-refractivity contribution in [3.05, 3.63) is 23.3 Å². The summed E-state index contributed by atoms with van der Waals surface area (Å²) in [5.41, 5.74) is 8.56. The standard InChI is InChI=1S/C10H15NO2/c1-7-8(2)10(13-6-5-12)4-3-9(7)11/h3-4,12H,5-6,11H2,1-2H3. The van der Waals surface area contributed by atoms with E-state index in [9.17, 15) is 0 Å². The van der Waals surface area contributed by atoms with Crippen LogP contribution in [0.2, 0.25) is 0 Å². The van der Waals surface area contributed by atoms with Gasteiger partial charge in [0, 0.05) is 5.69 Å². The van der Waals surface area contributed by atoms with Crippen molar-refractivity contribution in [2.45, 2.75) is 13.8 Å². The van der Waals surface area contributed by atoms with E-state index in [-0.39, 0.29) is 6.61 Å². The SMILES string of the molecule is Cc1c(N)ccc(OCCO)c1C. The van der Waals surface area contributed by atoms with Crippen molar-refractivity contribution in [2.75, 3.05) is 18.9 Å². The Hall–Kier alpha value is -1.22. The molecule has 13 heavy (non-hydrogen) atoms. The van der Waals surface area contributed by atoms with Gasteiger partial charge in [-0.1, -0.05) is 0 Å². The van der Waals surface area contributed by atoms with Gasteiger partial charge >= 0.3 is 0 Å². The minimum Gasteiger partial charge on any atom is -0.491 e. The molecule has 0 aliphatic rings. The summed E-state index contributed by atoms with van der Waals surface area (Å²) in [7, 11) is 0. The molecule has 3 nitrogen and oxygen atoms in total. The van der Waals surface area contributed by atoms with Gasteiger partial charge in [-0.05, 0) is 37.1 Å². The fourth-order valence-corrected chi connectivity index (χ4v) is 1.13. The predicted molar refractivity (Wildman–Crippen MR) is 52.9 cm³/mol. The van der Waals surface area contributed by atoms with Gasteiger partial charge < -0.3 is 15.6 Å². The highest BCUT2D eigenvalue weighted by molar-refractivity contribution is 5.55. The van der Waals surface area contributed by atoms with E-state index >= 15 is 0 Å². The Morgan fingerprint density at radius 1 is 1.31 bits per heavy atom. The smallest absolute Gasteiger partial charge is 0.122 e. The maximum Gasteiger partial charge on any atom is 0.122 e. The van der Waals surface area contributed by atoms with Crippen LogP contribution in [0.25, 0.3) is 0 Å². The van der Waals surface area contributed by atoms with Crippen molar-refractivity contribution < 1.29 is 9.84 Å². The number of aliphatic hydroxyl groups excluding tert-OH is 1. The number of nitrogens with two attached hydrogens (primary N) is 1. The number of benzene rings is 1. The highest BCUT2D eigenvalue weighted by atomic mass is 16.5. The van der Waals surface area contributed by atoms with Gasteiger partial charge in [0.05, 0.1) is 6.61 Å². The van der Waals surface area contributed by atoms with Gasteiger partial charge in [-0.3, -0.25) is 0 Å². The summed E-state index contributed by atoms with van der Waals surface area (Å²) in [6, 6.07) is 3.64. The third kappa shape index (κ3) is 2.12. The summed E-state index contributed by atoms with van der Waals surface area (Å²) in [5.74, 6) is 0.792. The average Bonchev–Trinajstić information content (AvgIpc) is 2.13. The Labute approximate surface area is 78.1 Å². The van der Waals surface area contributed by atoms with Gasteiger partial charge in [0.25, 0.3) is 0 Å². The van der Waals surface area contributed by atoms with Gasteiger partial charge in [0.15, 0.2) is 0 Å². The van der Waals surface area contributed by atoms with Crippen LogP contribution in [0.4, 0.5) is 5.69 Å². The Morgan fingerprint density at radius 3 is 2.62 bits per heavy atom. The molecule has 0 aliphatic heterocycles. The Kier molecular flexibility index (Phi) is 3.14. The first-order valence-electron chi connectivity index (χ1n) is 4.26. The average molecular weight is 181 g/mol. The van der Waals surface area contributed by atoms with E-state index in [4.69, 9.17) is 15.6 Å². The van der Waals surface area contributed by atoms with Crippen molar-refractivity contribution in [1.82, 2.24) is 0 Å². The molecule has 0 unspecified atom stereocenters. The molecule has 0 spiro atoms. The third-order valence-corrected chi connectivity index (χ3v) is 2.13. The Balaban J connectivity index is 2.90. The van der Waals surface area contributed by atoms with Crippen molar-refractivity contribution in [1.29, 1.82) is 0 Å². The van der Waals surface area contributed by atoms with E-state index in [1.54, 1.807) is 0 Å². The van der Waals surface area contributed by atoms with Crippen LogP contribution in [0, 0.1) is 13.8 Å². The van der Waals surface area contributed by atoms with Crippen LogP contribution < -0.4 is 10.5 Å². The molecule has 0 amide bonds. The normalized spacial score (nSPS) is 10.1. The molecule has 1 aromatic rings. The molecule has 0 atom stereocenters. The van der Waals surface area contributed by atoms with Crippen LogP contribution in [-0.4, -0.2) is 18.3 Å². The number of hydrogen-bond acceptors (Lipinski definition) is 3. The molecule has 0 saturated carbocycles. The quantitative estimate of drug-likeness (QED) is 0.690. The minimum atomic E-state index is 0.0306. The number of hydrogen-bond donors (Lipinski definition) is 2. The number of nitrogen functional groups attached to an aromatic ring is 1. The van der Waals surface area contributed by atoms with Gasteiger partial charge in [-0.25, -0.2) is 0 Å². The second-order valence-electron chi connectivity index (χ2n) is 2.97. The molecule has 1 aromatic carbocycles. The molecule has 0 fully saturated rings. The summed E-state index contributed by atoms with van der Waals surface area (Å²) in [4.78, 5) is 0. The lowest BCUT2D eigenvalue weighted by atomic mass is 10.1. The topological polar surface area (TPSA) is 55.5 Å². The number of aliphatic hydroxyl groups is 1. The van der Waals surface area contributed by atoms with E-state index in [2.05, 4.69) is 0 Å². The lowest BCUT2D eigenvalue weighted by molar-refractivity contribution is 0.200. The first-order valence-corrected chi connectivity index (χ1v) is 4.26. The van der Waals surface area contributed by atoms with E-state index < -0.39 is 0 Å². The Bertz CT molecular complexity index is 297. The van der Waals surface area contributed by atoms with Gasteiger partial charge in [0.1, 0.15) is 12.4 Å². The van der Waals surface area contributed by atoms with Gasteiger partial charge in [-0.2, -0.15) is 0 Å². The molecule has 0 bridgehead atoms. The highest BCUT2D eigenvalue weighted by Gasteiger charge is 2.04. The summed E-state index contributed by atoms with van der Waals surface area (Å²) < 4.78 is 5.32. The number of rotatable bonds is 3. The van der Waals surface area contributed by atoms with Crippen LogP contribution in [0.1, 0.15) is 11.1 Å². The molecule has 1 rings (SSSR count). The summed E-state index contributed by atoms with van der Waals surface area (Å²) >= 11 is 0. The molecule has 0 aromatic heterocycles. The summed E-state index contributed by atoms with van der Waals surface area (Å²) in [5, 5.41) is 8.59. The number of anilines is 1. The lowest BCUT2D eigenvalue weighted by Crippen LogP contribution is -2.04. The third-order valence-electron chi connectivity index (χ3n) is 2.13. The lowest BCUT2D eigenvalue weighted by Gasteiger charge is -2.11. The molecule has 72 valence electrons. The number of ether oxygens (including phenoxy) is 1. The van der Waals surface area contributed by atoms with Crippen LogP contribution in [0.15, 0.2) is 12.1 Å². The summed E-state index contributed by atoms with van der Waals surface area (Å²) in [6.07, 6.45) is 0. The van der Waals surface area contributed by atoms with Gasteiger partial charge in [0.2, 0.25) is 0 Å². The first kappa shape index (κ1) is 9.86. The van der Waals surface area contributed by atoms with E-state index in [0.717, 1.165) is 22.6 Å². The zero-order chi connectivity index (χ0) is 9.84. The first-order chi connectivity index (χ1) is 6.16.